The first-order chi connectivity index (χ1) is 12.8. The first kappa shape index (κ1) is 18.3. The Morgan fingerprint density at radius 2 is 1.27 bits per heavy atom. The number of hydrogen-bond acceptors (Lipinski definition) is 2. The van der Waals surface area contributed by atoms with Gasteiger partial charge in [0.05, 0.1) is 5.56 Å². The first-order valence-corrected chi connectivity index (χ1v) is 9.85. The average Bonchev–Trinajstić information content (AvgIpc) is 2.69. The van der Waals surface area contributed by atoms with Crippen LogP contribution in [0.15, 0.2) is 89.8 Å². The van der Waals surface area contributed by atoms with Crippen molar-refractivity contribution in [3.05, 3.63) is 102 Å². The van der Waals surface area contributed by atoms with E-state index in [0.29, 0.717) is 13.1 Å². The van der Waals surface area contributed by atoms with Crippen LogP contribution in [0.25, 0.3) is 0 Å². The molecule has 0 aliphatic heterocycles. The summed E-state index contributed by atoms with van der Waals surface area (Å²) in [7, 11) is 0. The van der Waals surface area contributed by atoms with E-state index in [4.69, 9.17) is 0 Å². The van der Waals surface area contributed by atoms with Crippen molar-refractivity contribution >= 4 is 17.7 Å². The highest BCUT2D eigenvalue weighted by molar-refractivity contribution is 7.99. The Hall–Kier alpha value is -2.52. The molecule has 0 saturated carbocycles. The number of carbonyl (C=O) groups is 1. The molecule has 0 bridgehead atoms. The van der Waals surface area contributed by atoms with E-state index in [1.165, 1.54) is 0 Å². The van der Waals surface area contributed by atoms with Crippen molar-refractivity contribution in [2.45, 2.75) is 24.9 Å². The third kappa shape index (κ3) is 4.77. The summed E-state index contributed by atoms with van der Waals surface area (Å²) >= 11 is 1.71. The molecule has 0 aliphatic carbocycles. The highest BCUT2D eigenvalue weighted by Gasteiger charge is 2.19. The number of amides is 1. The van der Waals surface area contributed by atoms with Crippen molar-refractivity contribution < 1.29 is 4.79 Å². The van der Waals surface area contributed by atoms with E-state index in [1.807, 2.05) is 65.6 Å². The maximum absolute atomic E-state index is 13.4. The fourth-order valence-electron chi connectivity index (χ4n) is 2.90. The zero-order valence-corrected chi connectivity index (χ0v) is 15.8. The fraction of sp³-hybridized carbons (Fsp3) is 0.174. The van der Waals surface area contributed by atoms with E-state index in [1.54, 1.807) is 11.8 Å². The van der Waals surface area contributed by atoms with Crippen LogP contribution in [0.1, 0.15) is 28.4 Å². The van der Waals surface area contributed by atoms with E-state index >= 15 is 0 Å². The molecular weight excluding hydrogens is 338 g/mol. The van der Waals surface area contributed by atoms with Crippen LogP contribution >= 0.6 is 11.8 Å². The number of nitrogens with zero attached hydrogens (tertiary/aromatic N) is 1. The lowest BCUT2D eigenvalue weighted by Crippen LogP contribution is -2.30. The fourth-order valence-corrected chi connectivity index (χ4v) is 3.70. The largest absolute Gasteiger partial charge is 0.330 e. The van der Waals surface area contributed by atoms with Crippen LogP contribution in [0, 0.1) is 0 Å². The van der Waals surface area contributed by atoms with Crippen LogP contribution in [0.2, 0.25) is 0 Å². The van der Waals surface area contributed by atoms with Crippen molar-refractivity contribution in [2.24, 2.45) is 0 Å². The van der Waals surface area contributed by atoms with Gasteiger partial charge >= 0.3 is 0 Å². The van der Waals surface area contributed by atoms with Crippen molar-refractivity contribution in [2.75, 3.05) is 5.75 Å². The summed E-state index contributed by atoms with van der Waals surface area (Å²) < 4.78 is 0. The molecule has 0 N–H and O–H groups in total. The monoisotopic (exact) mass is 361 g/mol. The van der Waals surface area contributed by atoms with E-state index in [2.05, 4.69) is 31.2 Å². The van der Waals surface area contributed by atoms with Crippen LogP contribution in [0.4, 0.5) is 0 Å². The summed E-state index contributed by atoms with van der Waals surface area (Å²) in [4.78, 5) is 16.3. The zero-order chi connectivity index (χ0) is 18.2. The van der Waals surface area contributed by atoms with Crippen molar-refractivity contribution in [3.8, 4) is 0 Å². The molecule has 0 radical (unpaired) electrons. The third-order valence-electron chi connectivity index (χ3n) is 4.14. The van der Waals surface area contributed by atoms with E-state index < -0.39 is 0 Å². The molecule has 3 rings (SSSR count). The van der Waals surface area contributed by atoms with Gasteiger partial charge in [-0.2, -0.15) is 0 Å². The Labute approximate surface area is 159 Å². The number of thioether (sulfide) groups is 1. The first-order valence-electron chi connectivity index (χ1n) is 8.87. The van der Waals surface area contributed by atoms with Crippen molar-refractivity contribution in [3.63, 3.8) is 0 Å². The minimum absolute atomic E-state index is 0.0780. The van der Waals surface area contributed by atoms with Gasteiger partial charge in [-0.05, 0) is 29.0 Å². The maximum atomic E-state index is 13.4. The smallest absolute Gasteiger partial charge is 0.255 e. The maximum Gasteiger partial charge on any atom is 0.255 e. The Kier molecular flexibility index (Phi) is 6.50. The minimum atomic E-state index is 0.0780. The number of rotatable bonds is 7. The molecule has 2 nitrogen and oxygen atoms in total. The van der Waals surface area contributed by atoms with Gasteiger partial charge in [-0.15, -0.1) is 11.8 Å². The number of carbonyl (C=O) groups excluding carboxylic acids is 1. The summed E-state index contributed by atoms with van der Waals surface area (Å²) in [5.41, 5.74) is 3.06. The summed E-state index contributed by atoms with van der Waals surface area (Å²) in [6, 6.07) is 28.2. The lowest BCUT2D eigenvalue weighted by atomic mass is 10.1. The summed E-state index contributed by atoms with van der Waals surface area (Å²) in [6.07, 6.45) is 0. The van der Waals surface area contributed by atoms with Gasteiger partial charge in [-0.25, -0.2) is 0 Å². The van der Waals surface area contributed by atoms with Gasteiger partial charge in [0.1, 0.15) is 0 Å². The lowest BCUT2D eigenvalue weighted by Gasteiger charge is -2.24. The zero-order valence-electron chi connectivity index (χ0n) is 15.0. The highest BCUT2D eigenvalue weighted by atomic mass is 32.2. The van der Waals surface area contributed by atoms with Crippen LogP contribution in [-0.2, 0) is 13.1 Å². The Morgan fingerprint density at radius 1 is 0.769 bits per heavy atom. The quantitative estimate of drug-likeness (QED) is 0.508. The van der Waals surface area contributed by atoms with Gasteiger partial charge in [0.15, 0.2) is 0 Å². The summed E-state index contributed by atoms with van der Waals surface area (Å²) in [6.45, 7) is 3.30. The Bertz CT molecular complexity index is 792. The molecule has 0 atom stereocenters. The normalized spacial score (nSPS) is 10.5. The van der Waals surface area contributed by atoms with E-state index in [-0.39, 0.29) is 5.91 Å². The van der Waals surface area contributed by atoms with Crippen molar-refractivity contribution in [1.82, 2.24) is 4.90 Å². The molecular formula is C23H23NOS. The standard InChI is InChI=1S/C23H23NOS/c1-2-26-22-16-10-9-15-21(22)23(25)24(17-19-11-5-3-6-12-19)18-20-13-7-4-8-14-20/h3-16H,2,17-18H2,1H3. The van der Waals surface area contributed by atoms with Gasteiger partial charge in [-0.3, -0.25) is 4.79 Å². The van der Waals surface area contributed by atoms with Crippen LogP contribution in [0.3, 0.4) is 0 Å². The number of benzene rings is 3. The highest BCUT2D eigenvalue weighted by Crippen LogP contribution is 2.25. The lowest BCUT2D eigenvalue weighted by molar-refractivity contribution is 0.0726. The average molecular weight is 362 g/mol. The number of hydrogen-bond donors (Lipinski definition) is 0. The van der Waals surface area contributed by atoms with E-state index in [9.17, 15) is 4.79 Å². The van der Waals surface area contributed by atoms with E-state index in [0.717, 1.165) is 27.3 Å². The van der Waals surface area contributed by atoms with Gasteiger partial charge in [0.2, 0.25) is 0 Å². The van der Waals surface area contributed by atoms with Crippen LogP contribution in [-0.4, -0.2) is 16.6 Å². The molecule has 0 fully saturated rings. The SMILES string of the molecule is CCSc1ccccc1C(=O)N(Cc1ccccc1)Cc1ccccc1. The molecule has 3 aromatic carbocycles. The summed E-state index contributed by atoms with van der Waals surface area (Å²) in [5, 5.41) is 0. The molecule has 3 aromatic rings. The molecule has 0 unspecified atom stereocenters. The molecule has 0 aliphatic rings. The molecule has 0 aromatic heterocycles. The molecule has 0 heterocycles. The Balaban J connectivity index is 1.90. The second-order valence-electron chi connectivity index (χ2n) is 6.06. The van der Waals surface area contributed by atoms with Crippen LogP contribution in [0.5, 0.6) is 0 Å². The topological polar surface area (TPSA) is 20.3 Å². The molecule has 3 heteroatoms. The molecule has 26 heavy (non-hydrogen) atoms. The van der Waals surface area contributed by atoms with Crippen LogP contribution < -0.4 is 0 Å². The minimum Gasteiger partial charge on any atom is -0.330 e. The molecule has 132 valence electrons. The molecule has 1 amide bonds. The second-order valence-corrected chi connectivity index (χ2v) is 7.37. The predicted molar refractivity (Wildman–Crippen MR) is 109 cm³/mol. The second kappa shape index (κ2) is 9.25. The molecule has 0 spiro atoms. The Morgan fingerprint density at radius 3 is 1.81 bits per heavy atom. The summed E-state index contributed by atoms with van der Waals surface area (Å²) in [5.74, 6) is 1.02. The van der Waals surface area contributed by atoms with Gasteiger partial charge in [0, 0.05) is 18.0 Å². The predicted octanol–water partition coefficient (Wildman–Crippen LogP) is 5.64. The third-order valence-corrected chi connectivity index (χ3v) is 5.09. The van der Waals surface area contributed by atoms with Crippen molar-refractivity contribution in [1.29, 1.82) is 0 Å². The van der Waals surface area contributed by atoms with Gasteiger partial charge in [0.25, 0.3) is 5.91 Å². The van der Waals surface area contributed by atoms with Gasteiger partial charge < -0.3 is 4.90 Å². The molecule has 0 saturated heterocycles. The van der Waals surface area contributed by atoms with Gasteiger partial charge in [-0.1, -0.05) is 79.7 Å².